The summed E-state index contributed by atoms with van der Waals surface area (Å²) in [5.74, 6) is 0.555. The van der Waals surface area contributed by atoms with Crippen molar-refractivity contribution in [3.63, 3.8) is 0 Å². The Balaban J connectivity index is 2.17. The Morgan fingerprint density at radius 1 is 1.14 bits per heavy atom. The zero-order chi connectivity index (χ0) is 15.2. The molecule has 1 aromatic heterocycles. The highest BCUT2D eigenvalue weighted by Crippen LogP contribution is 2.19. The fraction of sp³-hybridized carbons (Fsp3) is 0.357. The average Bonchev–Trinajstić information content (AvgIpc) is 2.48. The molecule has 6 nitrogen and oxygen atoms in total. The van der Waals surface area contributed by atoms with E-state index in [0.29, 0.717) is 18.5 Å². The van der Waals surface area contributed by atoms with Crippen LogP contribution < -0.4 is 15.4 Å². The van der Waals surface area contributed by atoms with Crippen LogP contribution in [0.5, 0.6) is 6.01 Å². The molecule has 2 rings (SSSR count). The van der Waals surface area contributed by atoms with Gasteiger partial charge in [-0.05, 0) is 31.5 Å². The Bertz CT molecular complexity index is 590. The van der Waals surface area contributed by atoms with Crippen molar-refractivity contribution < 1.29 is 9.13 Å². The average molecular weight is 291 g/mol. The topological polar surface area (TPSA) is 72.0 Å². The Kier molecular flexibility index (Phi) is 4.86. The van der Waals surface area contributed by atoms with Crippen molar-refractivity contribution in [1.29, 1.82) is 0 Å². The molecule has 0 saturated carbocycles. The fourth-order valence-corrected chi connectivity index (χ4v) is 1.75. The summed E-state index contributed by atoms with van der Waals surface area (Å²) in [4.78, 5) is 12.5. The van der Waals surface area contributed by atoms with Gasteiger partial charge in [-0.3, -0.25) is 0 Å². The molecule has 0 spiro atoms. The molecule has 0 bridgehead atoms. The van der Waals surface area contributed by atoms with E-state index in [4.69, 9.17) is 4.74 Å². The van der Waals surface area contributed by atoms with E-state index in [1.54, 1.807) is 19.2 Å². The van der Waals surface area contributed by atoms with Gasteiger partial charge in [-0.25, -0.2) is 4.39 Å². The number of nitrogens with one attached hydrogen (secondary N) is 2. The van der Waals surface area contributed by atoms with Crippen molar-refractivity contribution in [1.82, 2.24) is 15.0 Å². The van der Waals surface area contributed by atoms with Gasteiger partial charge in [0.2, 0.25) is 11.9 Å². The predicted molar refractivity (Wildman–Crippen MR) is 79.0 cm³/mol. The number of rotatable bonds is 6. The second kappa shape index (κ2) is 6.83. The molecule has 0 aliphatic heterocycles. The van der Waals surface area contributed by atoms with Crippen LogP contribution in [-0.4, -0.2) is 28.6 Å². The van der Waals surface area contributed by atoms with E-state index in [-0.39, 0.29) is 17.9 Å². The van der Waals surface area contributed by atoms with Crippen molar-refractivity contribution in [2.75, 3.05) is 24.3 Å². The summed E-state index contributed by atoms with van der Waals surface area (Å²) >= 11 is 0. The largest absolute Gasteiger partial charge is 0.464 e. The lowest BCUT2D eigenvalue weighted by atomic mass is 10.1. The number of nitrogens with zero attached hydrogens (tertiary/aromatic N) is 3. The van der Waals surface area contributed by atoms with Gasteiger partial charge in [-0.2, -0.15) is 15.0 Å². The minimum atomic E-state index is -0.262. The number of aromatic nitrogens is 3. The first-order valence-corrected chi connectivity index (χ1v) is 6.71. The lowest BCUT2D eigenvalue weighted by Crippen LogP contribution is -2.12. The lowest BCUT2D eigenvalue weighted by Gasteiger charge is -2.15. The number of hydrogen-bond donors (Lipinski definition) is 2. The first kappa shape index (κ1) is 15.0. The van der Waals surface area contributed by atoms with E-state index in [9.17, 15) is 4.39 Å². The maximum Gasteiger partial charge on any atom is 0.323 e. The van der Waals surface area contributed by atoms with E-state index in [1.807, 2.05) is 13.8 Å². The van der Waals surface area contributed by atoms with E-state index in [2.05, 4.69) is 25.6 Å². The molecule has 0 radical (unpaired) electrons. The Labute approximate surface area is 122 Å². The van der Waals surface area contributed by atoms with E-state index in [0.717, 1.165) is 5.56 Å². The third-order valence-electron chi connectivity index (χ3n) is 2.83. The first-order valence-electron chi connectivity index (χ1n) is 6.71. The van der Waals surface area contributed by atoms with Crippen LogP contribution in [0, 0.1) is 5.82 Å². The third-order valence-corrected chi connectivity index (χ3v) is 2.83. The van der Waals surface area contributed by atoms with Crippen LogP contribution in [0.25, 0.3) is 0 Å². The zero-order valence-corrected chi connectivity index (χ0v) is 12.2. The maximum atomic E-state index is 12.9. The second-order valence-electron chi connectivity index (χ2n) is 4.37. The van der Waals surface area contributed by atoms with Crippen molar-refractivity contribution >= 4 is 11.9 Å². The van der Waals surface area contributed by atoms with Crippen LogP contribution in [0.2, 0.25) is 0 Å². The number of hydrogen-bond acceptors (Lipinski definition) is 6. The number of halogens is 1. The number of ether oxygens (including phenoxy) is 1. The third kappa shape index (κ3) is 4.01. The van der Waals surface area contributed by atoms with Gasteiger partial charge >= 0.3 is 6.01 Å². The smallest absolute Gasteiger partial charge is 0.323 e. The van der Waals surface area contributed by atoms with E-state index in [1.165, 1.54) is 12.1 Å². The van der Waals surface area contributed by atoms with Gasteiger partial charge in [-0.15, -0.1) is 0 Å². The predicted octanol–water partition coefficient (Wildman–Crippen LogP) is 2.62. The Hall–Kier alpha value is -2.44. The molecule has 1 aromatic carbocycles. The van der Waals surface area contributed by atoms with Gasteiger partial charge in [0.05, 0.1) is 12.6 Å². The monoisotopic (exact) mass is 291 g/mol. The molecule has 0 saturated heterocycles. The minimum Gasteiger partial charge on any atom is -0.464 e. The standard InChI is InChI=1S/C14H18FN5O/c1-4-21-14-19-12(16-3)18-13(20-14)17-9(2)10-5-7-11(15)8-6-10/h5-9H,4H2,1-3H3,(H2,16,17,18,19,20). The summed E-state index contributed by atoms with van der Waals surface area (Å²) in [6.45, 7) is 4.27. The molecule has 7 heteroatoms. The molecule has 1 heterocycles. The Morgan fingerprint density at radius 3 is 2.43 bits per heavy atom. The fourth-order valence-electron chi connectivity index (χ4n) is 1.75. The van der Waals surface area contributed by atoms with Crippen LogP contribution in [0.1, 0.15) is 25.5 Å². The van der Waals surface area contributed by atoms with Crippen molar-refractivity contribution in [2.45, 2.75) is 19.9 Å². The van der Waals surface area contributed by atoms with E-state index >= 15 is 0 Å². The highest BCUT2D eigenvalue weighted by Gasteiger charge is 2.10. The summed E-state index contributed by atoms with van der Waals surface area (Å²) in [6, 6.07) is 6.46. The van der Waals surface area contributed by atoms with Gasteiger partial charge in [0.25, 0.3) is 0 Å². The molecular weight excluding hydrogens is 273 g/mol. The molecule has 0 aliphatic carbocycles. The van der Waals surface area contributed by atoms with Crippen LogP contribution in [-0.2, 0) is 0 Å². The van der Waals surface area contributed by atoms with Gasteiger partial charge < -0.3 is 15.4 Å². The zero-order valence-electron chi connectivity index (χ0n) is 12.2. The number of anilines is 2. The van der Waals surface area contributed by atoms with Crippen molar-refractivity contribution in [3.05, 3.63) is 35.6 Å². The van der Waals surface area contributed by atoms with E-state index < -0.39 is 0 Å². The second-order valence-corrected chi connectivity index (χ2v) is 4.37. The Morgan fingerprint density at radius 2 is 1.81 bits per heavy atom. The highest BCUT2D eigenvalue weighted by atomic mass is 19.1. The molecule has 1 unspecified atom stereocenters. The molecule has 2 N–H and O–H groups in total. The summed E-state index contributed by atoms with van der Waals surface area (Å²) in [5, 5.41) is 6.00. The first-order chi connectivity index (χ1) is 10.1. The summed E-state index contributed by atoms with van der Waals surface area (Å²) in [5.41, 5.74) is 0.931. The molecule has 0 amide bonds. The maximum absolute atomic E-state index is 12.9. The van der Waals surface area contributed by atoms with Gasteiger partial charge in [0.1, 0.15) is 5.82 Å². The number of benzene rings is 1. The van der Waals surface area contributed by atoms with Crippen LogP contribution in [0.15, 0.2) is 24.3 Å². The van der Waals surface area contributed by atoms with Crippen molar-refractivity contribution in [3.8, 4) is 6.01 Å². The molecular formula is C14H18FN5O. The summed E-state index contributed by atoms with van der Waals surface area (Å²) < 4.78 is 18.2. The molecule has 112 valence electrons. The molecule has 21 heavy (non-hydrogen) atoms. The quantitative estimate of drug-likeness (QED) is 0.852. The molecule has 0 fully saturated rings. The normalized spacial score (nSPS) is 11.8. The van der Waals surface area contributed by atoms with Gasteiger partial charge in [0.15, 0.2) is 0 Å². The molecule has 2 aromatic rings. The molecule has 0 aliphatic rings. The van der Waals surface area contributed by atoms with Crippen LogP contribution in [0.4, 0.5) is 16.3 Å². The van der Waals surface area contributed by atoms with Gasteiger partial charge in [-0.1, -0.05) is 12.1 Å². The van der Waals surface area contributed by atoms with Crippen LogP contribution in [0.3, 0.4) is 0 Å². The van der Waals surface area contributed by atoms with Crippen molar-refractivity contribution in [2.24, 2.45) is 0 Å². The lowest BCUT2D eigenvalue weighted by molar-refractivity contribution is 0.312. The van der Waals surface area contributed by atoms with Gasteiger partial charge in [0, 0.05) is 7.05 Å². The summed E-state index contributed by atoms with van der Waals surface area (Å²) in [6.07, 6.45) is 0. The highest BCUT2D eigenvalue weighted by molar-refractivity contribution is 5.38. The summed E-state index contributed by atoms with van der Waals surface area (Å²) in [7, 11) is 1.72. The molecule has 1 atom stereocenters. The SMILES string of the molecule is CCOc1nc(NC)nc(NC(C)c2ccc(F)cc2)n1. The minimum absolute atomic E-state index is 0.0767. The van der Waals surface area contributed by atoms with Crippen LogP contribution >= 0.6 is 0 Å².